The first-order valence-electron chi connectivity index (χ1n) is 5.99. The number of halogens is 3. The summed E-state index contributed by atoms with van der Waals surface area (Å²) in [7, 11) is 0. The molecule has 1 aliphatic heterocycles. The van der Waals surface area contributed by atoms with Gasteiger partial charge in [0.25, 0.3) is 0 Å². The van der Waals surface area contributed by atoms with E-state index >= 15 is 0 Å². The highest BCUT2D eigenvalue weighted by molar-refractivity contribution is 5.95. The number of alkyl halides is 3. The lowest BCUT2D eigenvalue weighted by atomic mass is 9.97. The van der Waals surface area contributed by atoms with Crippen molar-refractivity contribution in [1.82, 2.24) is 0 Å². The van der Waals surface area contributed by atoms with Crippen LogP contribution in [0.25, 0.3) is 0 Å². The van der Waals surface area contributed by atoms with Gasteiger partial charge in [-0.15, -0.1) is 0 Å². The van der Waals surface area contributed by atoms with Gasteiger partial charge in [0, 0.05) is 18.7 Å². The zero-order valence-electron chi connectivity index (χ0n) is 10.4. The second kappa shape index (κ2) is 5.15. The van der Waals surface area contributed by atoms with Crippen molar-refractivity contribution in [1.29, 1.82) is 0 Å². The molecule has 1 unspecified atom stereocenters. The Hall–Kier alpha value is -2.05. The van der Waals surface area contributed by atoms with Crippen molar-refractivity contribution in [2.75, 3.05) is 11.4 Å². The normalized spacial score (nSPS) is 20.1. The third kappa shape index (κ3) is 2.92. The number of carboxylic acid groups (broad SMARTS) is 1. The van der Waals surface area contributed by atoms with Crippen molar-refractivity contribution < 1.29 is 27.9 Å². The summed E-state index contributed by atoms with van der Waals surface area (Å²) in [5, 5.41) is 8.96. The number of benzene rings is 1. The number of carbonyl (C=O) groups is 2. The molecule has 0 bridgehead atoms. The van der Waals surface area contributed by atoms with E-state index in [2.05, 4.69) is 0 Å². The predicted octanol–water partition coefficient (Wildman–Crippen LogP) is 2.53. The summed E-state index contributed by atoms with van der Waals surface area (Å²) in [4.78, 5) is 23.8. The lowest BCUT2D eigenvalue weighted by Gasteiger charge is -2.31. The molecule has 7 heteroatoms. The summed E-state index contributed by atoms with van der Waals surface area (Å²) in [6.45, 7) is -0.102. The number of carbonyl (C=O) groups excluding carboxylic acids is 1. The molecule has 0 aromatic heterocycles. The van der Waals surface area contributed by atoms with Gasteiger partial charge in [0.1, 0.15) is 0 Å². The Morgan fingerprint density at radius 2 is 2.05 bits per heavy atom. The first-order chi connectivity index (χ1) is 9.29. The van der Waals surface area contributed by atoms with Gasteiger partial charge >= 0.3 is 12.1 Å². The van der Waals surface area contributed by atoms with E-state index in [1.165, 1.54) is 12.1 Å². The summed E-state index contributed by atoms with van der Waals surface area (Å²) in [6.07, 6.45) is -4.27. The molecule has 1 aromatic rings. The van der Waals surface area contributed by atoms with Gasteiger partial charge in [-0.25, -0.2) is 0 Å². The maximum Gasteiger partial charge on any atom is 0.416 e. The fraction of sp³-hybridized carbons (Fsp3) is 0.385. The van der Waals surface area contributed by atoms with Crippen LogP contribution in [-0.2, 0) is 15.8 Å². The highest BCUT2D eigenvalue weighted by Crippen LogP contribution is 2.33. The molecule has 2 rings (SSSR count). The molecule has 108 valence electrons. The van der Waals surface area contributed by atoms with Crippen molar-refractivity contribution in [3.8, 4) is 0 Å². The number of anilines is 1. The number of carboxylic acids is 1. The van der Waals surface area contributed by atoms with E-state index < -0.39 is 23.6 Å². The fourth-order valence-electron chi connectivity index (χ4n) is 2.15. The zero-order chi connectivity index (χ0) is 14.9. The third-order valence-electron chi connectivity index (χ3n) is 3.25. The van der Waals surface area contributed by atoms with Crippen LogP contribution in [0, 0.1) is 5.92 Å². The first-order valence-corrected chi connectivity index (χ1v) is 5.99. The second-order valence-electron chi connectivity index (χ2n) is 4.63. The van der Waals surface area contributed by atoms with Crippen LogP contribution in [0.1, 0.15) is 18.4 Å². The Labute approximate surface area is 112 Å². The summed E-state index contributed by atoms with van der Waals surface area (Å²) >= 11 is 0. The topological polar surface area (TPSA) is 57.6 Å². The minimum absolute atomic E-state index is 0.0210. The van der Waals surface area contributed by atoms with Crippen molar-refractivity contribution in [3.63, 3.8) is 0 Å². The Balaban J connectivity index is 2.29. The predicted molar refractivity (Wildman–Crippen MR) is 64.2 cm³/mol. The van der Waals surface area contributed by atoms with E-state index in [1.807, 2.05) is 0 Å². The quantitative estimate of drug-likeness (QED) is 0.909. The molecule has 1 aliphatic rings. The van der Waals surface area contributed by atoms with Crippen LogP contribution in [-0.4, -0.2) is 23.5 Å². The van der Waals surface area contributed by atoms with Crippen molar-refractivity contribution in [2.45, 2.75) is 19.0 Å². The Morgan fingerprint density at radius 3 is 2.65 bits per heavy atom. The molecular formula is C13H12F3NO3. The van der Waals surface area contributed by atoms with E-state index in [4.69, 9.17) is 5.11 Å². The van der Waals surface area contributed by atoms with E-state index in [9.17, 15) is 22.8 Å². The molecule has 0 aliphatic carbocycles. The van der Waals surface area contributed by atoms with Crippen LogP contribution in [0.4, 0.5) is 18.9 Å². The van der Waals surface area contributed by atoms with E-state index in [1.54, 1.807) is 0 Å². The Kier molecular flexibility index (Phi) is 3.69. The molecule has 1 aromatic carbocycles. The molecular weight excluding hydrogens is 275 g/mol. The summed E-state index contributed by atoms with van der Waals surface area (Å²) in [5.41, 5.74) is -0.781. The summed E-state index contributed by atoms with van der Waals surface area (Å²) in [5.74, 6) is -2.15. The van der Waals surface area contributed by atoms with Crippen LogP contribution in [0.2, 0.25) is 0 Å². The molecule has 1 saturated heterocycles. The standard InChI is InChI=1S/C13H12F3NO3/c14-13(15,16)9-2-1-3-10(6-9)17-7-8(12(19)20)4-5-11(17)18/h1-3,6,8H,4-5,7H2,(H,19,20). The summed E-state index contributed by atoms with van der Waals surface area (Å²) < 4.78 is 37.9. The van der Waals surface area contributed by atoms with Gasteiger partial charge in [-0.05, 0) is 24.6 Å². The van der Waals surface area contributed by atoms with Gasteiger partial charge in [-0.2, -0.15) is 13.2 Å². The van der Waals surface area contributed by atoms with Crippen LogP contribution >= 0.6 is 0 Å². The fourth-order valence-corrected chi connectivity index (χ4v) is 2.15. The largest absolute Gasteiger partial charge is 0.481 e. The van der Waals surface area contributed by atoms with Crippen LogP contribution in [0.5, 0.6) is 0 Å². The number of piperidine rings is 1. The molecule has 1 atom stereocenters. The van der Waals surface area contributed by atoms with Crippen LogP contribution < -0.4 is 4.90 Å². The highest BCUT2D eigenvalue weighted by atomic mass is 19.4. The van der Waals surface area contributed by atoms with Gasteiger partial charge < -0.3 is 10.0 Å². The van der Waals surface area contributed by atoms with Crippen molar-refractivity contribution in [2.24, 2.45) is 5.92 Å². The molecule has 1 fully saturated rings. The van der Waals surface area contributed by atoms with Crippen LogP contribution in [0.3, 0.4) is 0 Å². The minimum atomic E-state index is -4.50. The van der Waals surface area contributed by atoms with E-state index in [0.29, 0.717) is 0 Å². The molecule has 1 amide bonds. The molecule has 20 heavy (non-hydrogen) atoms. The Morgan fingerprint density at radius 1 is 1.35 bits per heavy atom. The smallest absolute Gasteiger partial charge is 0.416 e. The first kappa shape index (κ1) is 14.4. The average Bonchev–Trinajstić information content (AvgIpc) is 2.38. The number of nitrogens with zero attached hydrogens (tertiary/aromatic N) is 1. The molecule has 0 spiro atoms. The number of aliphatic carboxylic acids is 1. The number of amides is 1. The van der Waals surface area contributed by atoms with Crippen LogP contribution in [0.15, 0.2) is 24.3 Å². The zero-order valence-corrected chi connectivity index (χ0v) is 10.4. The second-order valence-corrected chi connectivity index (χ2v) is 4.63. The van der Waals surface area contributed by atoms with Crippen molar-refractivity contribution >= 4 is 17.6 Å². The maximum atomic E-state index is 12.6. The van der Waals surface area contributed by atoms with Gasteiger partial charge in [0.15, 0.2) is 0 Å². The SMILES string of the molecule is O=C(O)C1CCC(=O)N(c2cccc(C(F)(F)F)c2)C1. The lowest BCUT2D eigenvalue weighted by Crippen LogP contribution is -2.42. The van der Waals surface area contributed by atoms with E-state index in [0.717, 1.165) is 17.0 Å². The number of hydrogen-bond acceptors (Lipinski definition) is 2. The van der Waals surface area contributed by atoms with Gasteiger partial charge in [0.2, 0.25) is 5.91 Å². The monoisotopic (exact) mass is 287 g/mol. The number of hydrogen-bond donors (Lipinski definition) is 1. The highest BCUT2D eigenvalue weighted by Gasteiger charge is 2.34. The number of rotatable bonds is 2. The Bertz CT molecular complexity index is 542. The molecule has 0 saturated carbocycles. The molecule has 1 heterocycles. The average molecular weight is 287 g/mol. The minimum Gasteiger partial charge on any atom is -0.481 e. The van der Waals surface area contributed by atoms with Gasteiger partial charge in [-0.3, -0.25) is 9.59 Å². The lowest BCUT2D eigenvalue weighted by molar-refractivity contribution is -0.142. The summed E-state index contributed by atoms with van der Waals surface area (Å²) in [6, 6.07) is 4.35. The maximum absolute atomic E-state index is 12.6. The molecule has 4 nitrogen and oxygen atoms in total. The van der Waals surface area contributed by atoms with Gasteiger partial charge in [0.05, 0.1) is 11.5 Å². The van der Waals surface area contributed by atoms with Gasteiger partial charge in [-0.1, -0.05) is 6.07 Å². The van der Waals surface area contributed by atoms with E-state index in [-0.39, 0.29) is 31.0 Å². The molecule has 1 N–H and O–H groups in total. The van der Waals surface area contributed by atoms with Crippen molar-refractivity contribution in [3.05, 3.63) is 29.8 Å². The third-order valence-corrected chi connectivity index (χ3v) is 3.25. The molecule has 0 radical (unpaired) electrons.